The van der Waals surface area contributed by atoms with Gasteiger partial charge in [-0.05, 0) is 91.4 Å². The molecule has 1 N–H and O–H groups in total. The van der Waals surface area contributed by atoms with Gasteiger partial charge in [0, 0.05) is 0 Å². The molecular formula is C22H30O. The van der Waals surface area contributed by atoms with E-state index in [-0.39, 0.29) is 0 Å². The van der Waals surface area contributed by atoms with Crippen LogP contribution in [-0.4, -0.2) is 5.11 Å². The van der Waals surface area contributed by atoms with E-state index in [1.807, 2.05) is 12.1 Å². The van der Waals surface area contributed by atoms with Gasteiger partial charge < -0.3 is 5.11 Å². The Labute approximate surface area is 140 Å². The maximum absolute atomic E-state index is 9.79. The van der Waals surface area contributed by atoms with Gasteiger partial charge >= 0.3 is 0 Å². The Morgan fingerprint density at radius 1 is 1.22 bits per heavy atom. The van der Waals surface area contributed by atoms with Crippen LogP contribution in [0.15, 0.2) is 29.8 Å². The molecule has 124 valence electrons. The van der Waals surface area contributed by atoms with E-state index in [0.29, 0.717) is 11.2 Å². The molecule has 4 rings (SSSR count). The van der Waals surface area contributed by atoms with Crippen LogP contribution in [0.2, 0.25) is 0 Å². The molecular weight excluding hydrogens is 280 g/mol. The number of hydrogen-bond acceptors (Lipinski definition) is 1. The lowest BCUT2D eigenvalue weighted by Gasteiger charge is -2.49. The summed E-state index contributed by atoms with van der Waals surface area (Å²) in [5, 5.41) is 9.79. The van der Waals surface area contributed by atoms with Gasteiger partial charge in [0.1, 0.15) is 5.75 Å². The third-order valence-electron chi connectivity index (χ3n) is 7.24. The Morgan fingerprint density at radius 3 is 2.91 bits per heavy atom. The van der Waals surface area contributed by atoms with Crippen molar-refractivity contribution < 1.29 is 5.11 Å². The molecule has 0 aliphatic heterocycles. The molecule has 0 spiro atoms. The van der Waals surface area contributed by atoms with Gasteiger partial charge in [-0.1, -0.05) is 38.0 Å². The van der Waals surface area contributed by atoms with Crippen LogP contribution in [0.25, 0.3) is 0 Å². The van der Waals surface area contributed by atoms with Gasteiger partial charge in [-0.2, -0.15) is 0 Å². The summed E-state index contributed by atoms with van der Waals surface area (Å²) >= 11 is 0. The number of phenols is 1. The van der Waals surface area contributed by atoms with E-state index in [0.717, 1.165) is 24.2 Å². The number of allylic oxidation sites excluding steroid dienone is 2. The van der Waals surface area contributed by atoms with Crippen molar-refractivity contribution in [3.05, 3.63) is 41.0 Å². The van der Waals surface area contributed by atoms with Crippen LogP contribution < -0.4 is 0 Å². The lowest BCUT2D eigenvalue weighted by molar-refractivity contribution is 0.0812. The monoisotopic (exact) mass is 310 g/mol. The smallest absolute Gasteiger partial charge is 0.115 e. The third kappa shape index (κ3) is 2.35. The molecule has 1 heteroatoms. The van der Waals surface area contributed by atoms with Crippen LogP contribution in [0.3, 0.4) is 0 Å². The summed E-state index contributed by atoms with van der Waals surface area (Å²) < 4.78 is 0. The molecule has 0 aromatic heterocycles. The first-order chi connectivity index (χ1) is 11.1. The Morgan fingerprint density at radius 2 is 2.09 bits per heavy atom. The minimum atomic E-state index is 0.438. The Hall–Kier alpha value is -1.24. The summed E-state index contributed by atoms with van der Waals surface area (Å²) in [5.41, 5.74) is 5.21. The normalized spacial score (nSPS) is 37.3. The van der Waals surface area contributed by atoms with Crippen molar-refractivity contribution in [1.29, 1.82) is 0 Å². The van der Waals surface area contributed by atoms with Crippen molar-refractivity contribution in [2.45, 2.75) is 71.1 Å². The van der Waals surface area contributed by atoms with Gasteiger partial charge in [-0.25, -0.2) is 0 Å². The standard InChI is InChI=1S/C22H30O/c1-3-4-5-16-7-11-21-20-9-6-15-14-17(23)8-10-18(15)19(20)12-13-22(16,21)2/h5,8,10,14,19-21,23H,3-4,6-7,9,11-13H2,1-2H3/b16-5+/t19-,20-,21+,22-/m1/s1. The summed E-state index contributed by atoms with van der Waals surface area (Å²) in [6.45, 7) is 4.85. The molecule has 0 unspecified atom stereocenters. The van der Waals surface area contributed by atoms with Gasteiger partial charge in [0.15, 0.2) is 0 Å². The largest absolute Gasteiger partial charge is 0.508 e. The highest BCUT2D eigenvalue weighted by Gasteiger charge is 2.52. The molecule has 3 aliphatic carbocycles. The molecule has 1 nitrogen and oxygen atoms in total. The second-order valence-electron chi connectivity index (χ2n) is 8.31. The Kier molecular flexibility index (Phi) is 3.78. The third-order valence-corrected chi connectivity index (χ3v) is 7.24. The van der Waals surface area contributed by atoms with E-state index >= 15 is 0 Å². The summed E-state index contributed by atoms with van der Waals surface area (Å²) in [7, 11) is 0. The topological polar surface area (TPSA) is 20.2 Å². The minimum absolute atomic E-state index is 0.438. The van der Waals surface area contributed by atoms with E-state index in [9.17, 15) is 5.11 Å². The fraction of sp³-hybridized carbons (Fsp3) is 0.636. The number of benzene rings is 1. The number of hydrogen-bond donors (Lipinski definition) is 1. The Bertz CT molecular complexity index is 629. The zero-order chi connectivity index (χ0) is 16.0. The highest BCUT2D eigenvalue weighted by Crippen LogP contribution is 2.62. The van der Waals surface area contributed by atoms with Crippen molar-refractivity contribution in [3.63, 3.8) is 0 Å². The second-order valence-corrected chi connectivity index (χ2v) is 8.31. The molecule has 2 saturated carbocycles. The fourth-order valence-corrected chi connectivity index (χ4v) is 6.07. The zero-order valence-electron chi connectivity index (χ0n) is 14.6. The quantitative estimate of drug-likeness (QED) is 0.667. The van der Waals surface area contributed by atoms with Crippen molar-refractivity contribution in [3.8, 4) is 5.75 Å². The first-order valence-corrected chi connectivity index (χ1v) is 9.65. The van der Waals surface area contributed by atoms with Gasteiger partial charge in [-0.15, -0.1) is 0 Å². The molecule has 0 bridgehead atoms. The van der Waals surface area contributed by atoms with Crippen LogP contribution in [0.4, 0.5) is 0 Å². The molecule has 0 radical (unpaired) electrons. The van der Waals surface area contributed by atoms with E-state index in [2.05, 4.69) is 26.0 Å². The van der Waals surface area contributed by atoms with E-state index in [1.165, 1.54) is 50.5 Å². The van der Waals surface area contributed by atoms with Gasteiger partial charge in [0.25, 0.3) is 0 Å². The van der Waals surface area contributed by atoms with Crippen LogP contribution in [0.5, 0.6) is 5.75 Å². The van der Waals surface area contributed by atoms with Crippen LogP contribution in [0, 0.1) is 17.3 Å². The molecule has 4 atom stereocenters. The van der Waals surface area contributed by atoms with Crippen molar-refractivity contribution >= 4 is 0 Å². The number of aromatic hydroxyl groups is 1. The lowest BCUT2D eigenvalue weighted by atomic mass is 9.55. The van der Waals surface area contributed by atoms with Crippen LogP contribution in [-0.2, 0) is 6.42 Å². The van der Waals surface area contributed by atoms with Gasteiger partial charge in [0.2, 0.25) is 0 Å². The molecule has 2 fully saturated rings. The number of phenolic OH excluding ortho intramolecular Hbond substituents is 1. The summed E-state index contributed by atoms with van der Waals surface area (Å²) in [5.74, 6) is 2.92. The van der Waals surface area contributed by atoms with Crippen LogP contribution in [0.1, 0.15) is 75.8 Å². The molecule has 1 aromatic carbocycles. The molecule has 0 saturated heterocycles. The Balaban J connectivity index is 1.65. The van der Waals surface area contributed by atoms with Gasteiger partial charge in [-0.3, -0.25) is 0 Å². The van der Waals surface area contributed by atoms with E-state index in [4.69, 9.17) is 0 Å². The minimum Gasteiger partial charge on any atom is -0.508 e. The first-order valence-electron chi connectivity index (χ1n) is 9.65. The summed E-state index contributed by atoms with van der Waals surface area (Å²) in [6.07, 6.45) is 13.0. The maximum atomic E-state index is 9.79. The van der Waals surface area contributed by atoms with Crippen molar-refractivity contribution in [2.75, 3.05) is 0 Å². The van der Waals surface area contributed by atoms with E-state index < -0.39 is 0 Å². The number of aryl methyl sites for hydroxylation is 1. The average molecular weight is 310 g/mol. The fourth-order valence-electron chi connectivity index (χ4n) is 6.07. The highest BCUT2D eigenvalue weighted by atomic mass is 16.3. The predicted octanol–water partition coefficient (Wildman–Crippen LogP) is 5.97. The van der Waals surface area contributed by atoms with Crippen molar-refractivity contribution in [2.24, 2.45) is 17.3 Å². The van der Waals surface area contributed by atoms with E-state index in [1.54, 1.807) is 11.1 Å². The molecule has 1 aromatic rings. The maximum Gasteiger partial charge on any atom is 0.115 e. The van der Waals surface area contributed by atoms with Crippen LogP contribution >= 0.6 is 0 Å². The number of fused-ring (bicyclic) bond motifs is 5. The summed E-state index contributed by atoms with van der Waals surface area (Å²) in [6, 6.07) is 6.13. The number of unbranched alkanes of at least 4 members (excludes halogenated alkanes) is 1. The average Bonchev–Trinajstić information content (AvgIpc) is 2.89. The molecule has 0 amide bonds. The number of rotatable bonds is 2. The molecule has 23 heavy (non-hydrogen) atoms. The molecule has 0 heterocycles. The van der Waals surface area contributed by atoms with Crippen molar-refractivity contribution in [1.82, 2.24) is 0 Å². The highest BCUT2D eigenvalue weighted by molar-refractivity contribution is 5.40. The zero-order valence-corrected chi connectivity index (χ0v) is 14.6. The van der Waals surface area contributed by atoms with Gasteiger partial charge in [0.05, 0.1) is 0 Å². The second kappa shape index (κ2) is 5.69. The predicted molar refractivity (Wildman–Crippen MR) is 95.7 cm³/mol. The lowest BCUT2D eigenvalue weighted by Crippen LogP contribution is -2.40. The molecule has 3 aliphatic rings. The summed E-state index contributed by atoms with van der Waals surface area (Å²) in [4.78, 5) is 0. The SMILES string of the molecule is CCC/C=C1\CC[C@H]2[C@@H]3CCc4cc(O)ccc4[C@H]3CC[C@]12C. The first kappa shape index (κ1) is 15.3.